The molecular weight excluding hydrogens is 406 g/mol. The highest BCUT2D eigenvalue weighted by Gasteiger charge is 2.50. The van der Waals surface area contributed by atoms with Gasteiger partial charge in [-0.05, 0) is 74.1 Å². The molecule has 1 aliphatic carbocycles. The van der Waals surface area contributed by atoms with E-state index in [1.54, 1.807) is 0 Å². The molecule has 5 heteroatoms. The van der Waals surface area contributed by atoms with Crippen LogP contribution in [0.1, 0.15) is 63.1 Å². The number of benzene rings is 2. The van der Waals surface area contributed by atoms with Crippen molar-refractivity contribution in [1.29, 1.82) is 0 Å². The van der Waals surface area contributed by atoms with E-state index in [0.717, 1.165) is 49.4 Å². The Bertz CT molecular complexity index is 1030. The molecule has 1 spiro atoms. The highest BCUT2D eigenvalue weighted by Crippen LogP contribution is 2.46. The molecule has 4 rings (SSSR count). The van der Waals surface area contributed by atoms with E-state index in [1.807, 2.05) is 11.8 Å². The predicted octanol–water partition coefficient (Wildman–Crippen LogP) is 6.08. The number of carbonyl (C=O) groups excluding carboxylic acids is 1. The van der Waals surface area contributed by atoms with E-state index in [1.165, 1.54) is 5.56 Å². The van der Waals surface area contributed by atoms with Crippen LogP contribution in [-0.2, 0) is 11.2 Å². The Labute approximate surface area is 189 Å². The molecule has 0 N–H and O–H groups in total. The summed E-state index contributed by atoms with van der Waals surface area (Å²) in [5.41, 5.74) is 1.88. The van der Waals surface area contributed by atoms with Gasteiger partial charge in [-0.15, -0.1) is 0 Å². The van der Waals surface area contributed by atoms with Gasteiger partial charge in [-0.3, -0.25) is 9.79 Å². The molecule has 2 aromatic rings. The zero-order valence-corrected chi connectivity index (χ0v) is 19.4. The van der Waals surface area contributed by atoms with E-state index in [2.05, 4.69) is 45.0 Å². The van der Waals surface area contributed by atoms with Crippen molar-refractivity contribution in [2.75, 3.05) is 6.54 Å². The van der Waals surface area contributed by atoms with E-state index in [4.69, 9.17) is 4.99 Å². The van der Waals surface area contributed by atoms with E-state index in [0.29, 0.717) is 18.9 Å². The summed E-state index contributed by atoms with van der Waals surface area (Å²) in [6.45, 7) is 9.31. The fraction of sp³-hybridized carbons (Fsp3) is 0.481. The molecule has 0 bridgehead atoms. The lowest BCUT2D eigenvalue weighted by Gasteiger charge is -2.45. The van der Waals surface area contributed by atoms with Crippen LogP contribution < -0.4 is 0 Å². The summed E-state index contributed by atoms with van der Waals surface area (Å²) in [6.07, 6.45) is 4.11. The molecule has 1 aliphatic heterocycles. The third-order valence-electron chi connectivity index (χ3n) is 7.21. The number of hydrogen-bond donors (Lipinski definition) is 0. The maximum atomic E-state index is 14.6. The highest BCUT2D eigenvalue weighted by molar-refractivity contribution is 6.46. The lowest BCUT2D eigenvalue weighted by molar-refractivity contribution is -0.129. The molecule has 1 fully saturated rings. The summed E-state index contributed by atoms with van der Waals surface area (Å²) in [6, 6.07) is 11.5. The number of rotatable bonds is 4. The molecule has 0 saturated heterocycles. The molecule has 2 aliphatic rings. The Morgan fingerprint density at radius 3 is 2.34 bits per heavy atom. The molecule has 1 saturated carbocycles. The van der Waals surface area contributed by atoms with E-state index in [-0.39, 0.29) is 22.6 Å². The van der Waals surface area contributed by atoms with Gasteiger partial charge < -0.3 is 4.90 Å². The quantitative estimate of drug-likeness (QED) is 0.569. The Kier molecular flexibility index (Phi) is 5.95. The molecular formula is C27H32F2N2O. The van der Waals surface area contributed by atoms with Crippen molar-refractivity contribution >= 4 is 11.6 Å². The third-order valence-corrected chi connectivity index (χ3v) is 7.21. The average Bonchev–Trinajstić information content (AvgIpc) is 3.00. The lowest BCUT2D eigenvalue weighted by atomic mass is 9.69. The fourth-order valence-corrected chi connectivity index (χ4v) is 5.12. The van der Waals surface area contributed by atoms with Gasteiger partial charge in [-0.2, -0.15) is 0 Å². The molecule has 0 unspecified atom stereocenters. The molecule has 170 valence electrons. The van der Waals surface area contributed by atoms with Crippen LogP contribution in [0.5, 0.6) is 0 Å². The van der Waals surface area contributed by atoms with Crippen molar-refractivity contribution in [2.24, 2.45) is 16.3 Å². The van der Waals surface area contributed by atoms with Crippen LogP contribution in [0.2, 0.25) is 0 Å². The molecule has 1 heterocycles. The number of hydrogen-bond acceptors (Lipinski definition) is 2. The van der Waals surface area contributed by atoms with E-state index >= 15 is 0 Å². The first-order chi connectivity index (χ1) is 15.1. The minimum absolute atomic E-state index is 0.0369. The van der Waals surface area contributed by atoms with Crippen molar-refractivity contribution in [3.05, 3.63) is 70.8 Å². The average molecular weight is 439 g/mol. The fourth-order valence-electron chi connectivity index (χ4n) is 5.12. The van der Waals surface area contributed by atoms with Crippen LogP contribution in [0.25, 0.3) is 0 Å². The first kappa shape index (κ1) is 22.6. The Morgan fingerprint density at radius 1 is 1.06 bits per heavy atom. The van der Waals surface area contributed by atoms with Gasteiger partial charge in [0.05, 0.1) is 0 Å². The van der Waals surface area contributed by atoms with Crippen molar-refractivity contribution < 1.29 is 13.6 Å². The normalized spacial score (nSPS) is 23.7. The van der Waals surface area contributed by atoms with Gasteiger partial charge in [-0.25, -0.2) is 8.78 Å². The highest BCUT2D eigenvalue weighted by atomic mass is 19.1. The van der Waals surface area contributed by atoms with Crippen LogP contribution in [0.15, 0.2) is 47.5 Å². The first-order valence-corrected chi connectivity index (χ1v) is 11.5. The van der Waals surface area contributed by atoms with Crippen molar-refractivity contribution in [3.63, 3.8) is 0 Å². The number of halogens is 2. The Morgan fingerprint density at radius 2 is 1.72 bits per heavy atom. The summed E-state index contributed by atoms with van der Waals surface area (Å²) >= 11 is 0. The van der Waals surface area contributed by atoms with E-state index < -0.39 is 17.3 Å². The van der Waals surface area contributed by atoms with Gasteiger partial charge in [0, 0.05) is 12.1 Å². The summed E-state index contributed by atoms with van der Waals surface area (Å²) in [4.78, 5) is 20.2. The standard InChI is InChI=1S/C27H32F2N2O/c1-18-5-7-19(8-6-18)13-16-31-25(32)24(22-17-21(28)9-10-23(22)29)30-27(31)14-11-20(12-15-27)26(2,3)4/h5-10,17,20H,11-16H2,1-4H3. The molecule has 1 amide bonds. The third kappa shape index (κ3) is 4.35. The Hall–Kier alpha value is -2.56. The molecule has 0 aromatic heterocycles. The van der Waals surface area contributed by atoms with Gasteiger partial charge in [0.15, 0.2) is 0 Å². The van der Waals surface area contributed by atoms with Gasteiger partial charge in [-0.1, -0.05) is 50.6 Å². The SMILES string of the molecule is Cc1ccc(CCN2C(=O)C(c3cc(F)ccc3F)=NC23CCC(C(C)(C)C)CC3)cc1. The monoisotopic (exact) mass is 438 g/mol. The van der Waals surface area contributed by atoms with Gasteiger partial charge in [0.1, 0.15) is 23.0 Å². The predicted molar refractivity (Wildman–Crippen MR) is 124 cm³/mol. The van der Waals surface area contributed by atoms with Crippen LogP contribution in [0.4, 0.5) is 8.78 Å². The smallest absolute Gasteiger partial charge is 0.274 e. The first-order valence-electron chi connectivity index (χ1n) is 11.5. The number of aliphatic imine (C=N–C) groups is 1. The summed E-state index contributed by atoms with van der Waals surface area (Å²) < 4.78 is 28.5. The molecule has 0 atom stereocenters. The molecule has 32 heavy (non-hydrogen) atoms. The minimum Gasteiger partial charge on any atom is -0.312 e. The molecule has 2 aromatic carbocycles. The second kappa shape index (κ2) is 8.42. The molecule has 0 radical (unpaired) electrons. The summed E-state index contributed by atoms with van der Waals surface area (Å²) in [5, 5.41) is 0. The van der Waals surface area contributed by atoms with Gasteiger partial charge in [0.2, 0.25) is 0 Å². The van der Waals surface area contributed by atoms with Gasteiger partial charge >= 0.3 is 0 Å². The van der Waals surface area contributed by atoms with Crippen LogP contribution in [0.3, 0.4) is 0 Å². The number of aryl methyl sites for hydroxylation is 1. The topological polar surface area (TPSA) is 32.7 Å². The number of amides is 1. The lowest BCUT2D eigenvalue weighted by Crippen LogP contribution is -2.50. The molecule has 3 nitrogen and oxygen atoms in total. The van der Waals surface area contributed by atoms with E-state index in [9.17, 15) is 13.6 Å². The maximum Gasteiger partial charge on any atom is 0.274 e. The van der Waals surface area contributed by atoms with Crippen LogP contribution in [-0.4, -0.2) is 28.7 Å². The summed E-state index contributed by atoms with van der Waals surface area (Å²) in [7, 11) is 0. The van der Waals surface area contributed by atoms with Crippen LogP contribution >= 0.6 is 0 Å². The van der Waals surface area contributed by atoms with Gasteiger partial charge in [0.25, 0.3) is 5.91 Å². The second-order valence-electron chi connectivity index (χ2n) is 10.4. The van der Waals surface area contributed by atoms with Crippen molar-refractivity contribution in [1.82, 2.24) is 4.90 Å². The largest absolute Gasteiger partial charge is 0.312 e. The zero-order valence-electron chi connectivity index (χ0n) is 19.4. The maximum absolute atomic E-state index is 14.6. The number of carbonyl (C=O) groups is 1. The zero-order chi connectivity index (χ0) is 23.1. The van der Waals surface area contributed by atoms with Crippen molar-refractivity contribution in [3.8, 4) is 0 Å². The number of nitrogens with zero attached hydrogens (tertiary/aromatic N) is 2. The summed E-state index contributed by atoms with van der Waals surface area (Å²) in [5.74, 6) is -0.930. The minimum atomic E-state index is -0.669. The second-order valence-corrected chi connectivity index (χ2v) is 10.4. The van der Waals surface area contributed by atoms with Crippen molar-refractivity contribution in [2.45, 2.75) is 65.5 Å². The van der Waals surface area contributed by atoms with Crippen LogP contribution in [0, 0.1) is 29.9 Å². The Balaban J connectivity index is 1.65.